The number of halogens is 1. The highest BCUT2D eigenvalue weighted by Crippen LogP contribution is 2.22. The number of aromatic nitrogens is 2. The average molecular weight is 303 g/mol. The van der Waals surface area contributed by atoms with E-state index < -0.39 is 0 Å². The third-order valence-electron chi connectivity index (χ3n) is 3.08. The number of nitrogens with zero attached hydrogens (tertiary/aromatic N) is 2. The Kier molecular flexibility index (Phi) is 6.20. The minimum atomic E-state index is -0.252. The topological polar surface area (TPSA) is 38.1 Å². The monoisotopic (exact) mass is 302 g/mol. The molecule has 0 radical (unpaired) electrons. The number of aryl methyl sites for hydroxylation is 2. The van der Waals surface area contributed by atoms with Crippen molar-refractivity contribution >= 4 is 15.9 Å². The lowest BCUT2D eigenvalue weighted by atomic mass is 10.1. The fourth-order valence-corrected chi connectivity index (χ4v) is 2.53. The lowest BCUT2D eigenvalue weighted by molar-refractivity contribution is 0.158. The van der Waals surface area contributed by atoms with Crippen LogP contribution in [0.3, 0.4) is 0 Å². The predicted octanol–water partition coefficient (Wildman–Crippen LogP) is 3.36. The van der Waals surface area contributed by atoms with Crippen molar-refractivity contribution in [3.8, 4) is 0 Å². The van der Waals surface area contributed by atoms with E-state index in [-0.39, 0.29) is 6.10 Å². The third-order valence-corrected chi connectivity index (χ3v) is 4.11. The van der Waals surface area contributed by atoms with Crippen LogP contribution in [0.5, 0.6) is 0 Å². The van der Waals surface area contributed by atoms with Crippen LogP contribution in [0.2, 0.25) is 0 Å². The molecule has 0 spiro atoms. The summed E-state index contributed by atoms with van der Waals surface area (Å²) in [7, 11) is 1.93. The first-order valence-corrected chi connectivity index (χ1v) is 7.21. The molecule has 0 bridgehead atoms. The van der Waals surface area contributed by atoms with Crippen molar-refractivity contribution in [2.45, 2.75) is 58.5 Å². The van der Waals surface area contributed by atoms with Crippen LogP contribution in [0, 0.1) is 6.92 Å². The lowest BCUT2D eigenvalue weighted by Gasteiger charge is -2.11. The van der Waals surface area contributed by atoms with E-state index in [0.717, 1.165) is 28.7 Å². The first-order valence-electron chi connectivity index (χ1n) is 6.42. The van der Waals surface area contributed by atoms with E-state index in [2.05, 4.69) is 28.0 Å². The molecule has 0 aliphatic rings. The molecule has 17 heavy (non-hydrogen) atoms. The number of hydrogen-bond donors (Lipinski definition) is 1. The Morgan fingerprint density at radius 3 is 2.59 bits per heavy atom. The third kappa shape index (κ3) is 4.43. The Balaban J connectivity index is 2.42. The van der Waals surface area contributed by atoms with E-state index >= 15 is 0 Å². The van der Waals surface area contributed by atoms with Crippen molar-refractivity contribution in [3.63, 3.8) is 0 Å². The fourth-order valence-electron chi connectivity index (χ4n) is 2.03. The molecule has 0 amide bonds. The van der Waals surface area contributed by atoms with Crippen LogP contribution in [-0.4, -0.2) is 21.0 Å². The van der Waals surface area contributed by atoms with Crippen LogP contribution in [-0.2, 0) is 13.5 Å². The van der Waals surface area contributed by atoms with E-state index in [1.54, 1.807) is 0 Å². The molecule has 1 atom stereocenters. The minimum Gasteiger partial charge on any atom is -0.393 e. The first kappa shape index (κ1) is 14.7. The van der Waals surface area contributed by atoms with Gasteiger partial charge < -0.3 is 5.11 Å². The lowest BCUT2D eigenvalue weighted by Crippen LogP contribution is -2.13. The van der Waals surface area contributed by atoms with Gasteiger partial charge in [-0.05, 0) is 29.3 Å². The van der Waals surface area contributed by atoms with Crippen LogP contribution in [0.1, 0.15) is 50.4 Å². The fraction of sp³-hybridized carbons (Fsp3) is 0.769. The largest absolute Gasteiger partial charge is 0.393 e. The highest BCUT2D eigenvalue weighted by Gasteiger charge is 2.14. The summed E-state index contributed by atoms with van der Waals surface area (Å²) in [5, 5.41) is 14.3. The molecule has 1 aromatic heterocycles. The summed E-state index contributed by atoms with van der Waals surface area (Å²) >= 11 is 3.53. The SMILES string of the molecule is CCCCCCC(O)Cc1c(Br)c(C)nn1C. The average Bonchev–Trinajstić information content (AvgIpc) is 2.52. The highest BCUT2D eigenvalue weighted by atomic mass is 79.9. The maximum absolute atomic E-state index is 10.00. The van der Waals surface area contributed by atoms with Gasteiger partial charge in [0, 0.05) is 13.5 Å². The zero-order chi connectivity index (χ0) is 12.8. The van der Waals surface area contributed by atoms with Crippen LogP contribution in [0.25, 0.3) is 0 Å². The summed E-state index contributed by atoms with van der Waals surface area (Å²) in [5.74, 6) is 0. The van der Waals surface area contributed by atoms with E-state index in [0.29, 0.717) is 6.42 Å². The van der Waals surface area contributed by atoms with Gasteiger partial charge in [0.2, 0.25) is 0 Å². The summed E-state index contributed by atoms with van der Waals surface area (Å²) in [6.45, 7) is 4.17. The van der Waals surface area contributed by atoms with Gasteiger partial charge in [0.25, 0.3) is 0 Å². The highest BCUT2D eigenvalue weighted by molar-refractivity contribution is 9.10. The second-order valence-electron chi connectivity index (χ2n) is 4.68. The second kappa shape index (κ2) is 7.17. The first-order chi connectivity index (χ1) is 8.06. The number of hydrogen-bond acceptors (Lipinski definition) is 2. The van der Waals surface area contributed by atoms with Crippen molar-refractivity contribution in [2.24, 2.45) is 7.05 Å². The van der Waals surface area contributed by atoms with Gasteiger partial charge in [-0.25, -0.2) is 0 Å². The molecular formula is C13H23BrN2O. The number of unbranched alkanes of at least 4 members (excludes halogenated alkanes) is 3. The quantitative estimate of drug-likeness (QED) is 0.784. The molecule has 1 aromatic rings. The number of aliphatic hydroxyl groups excluding tert-OH is 1. The zero-order valence-electron chi connectivity index (χ0n) is 11.0. The summed E-state index contributed by atoms with van der Waals surface area (Å²) in [6, 6.07) is 0. The molecule has 0 aliphatic carbocycles. The van der Waals surface area contributed by atoms with E-state index in [1.807, 2.05) is 18.7 Å². The van der Waals surface area contributed by atoms with Gasteiger partial charge in [0.05, 0.1) is 22.0 Å². The number of aliphatic hydroxyl groups is 1. The molecule has 4 heteroatoms. The summed E-state index contributed by atoms with van der Waals surface area (Å²) < 4.78 is 2.89. The van der Waals surface area contributed by atoms with Crippen molar-refractivity contribution in [1.82, 2.24) is 9.78 Å². The van der Waals surface area contributed by atoms with Crippen molar-refractivity contribution in [2.75, 3.05) is 0 Å². The van der Waals surface area contributed by atoms with Crippen molar-refractivity contribution in [3.05, 3.63) is 15.9 Å². The minimum absolute atomic E-state index is 0.252. The molecule has 1 N–H and O–H groups in total. The summed E-state index contributed by atoms with van der Waals surface area (Å²) in [4.78, 5) is 0. The second-order valence-corrected chi connectivity index (χ2v) is 5.47. The van der Waals surface area contributed by atoms with E-state index in [9.17, 15) is 5.11 Å². The van der Waals surface area contributed by atoms with Gasteiger partial charge in [0.15, 0.2) is 0 Å². The Bertz CT molecular complexity index is 349. The van der Waals surface area contributed by atoms with Crippen molar-refractivity contribution < 1.29 is 5.11 Å². The summed E-state index contributed by atoms with van der Waals surface area (Å²) in [6.07, 6.45) is 6.16. The Hall–Kier alpha value is -0.350. The van der Waals surface area contributed by atoms with Gasteiger partial charge in [-0.15, -0.1) is 0 Å². The predicted molar refractivity (Wildman–Crippen MR) is 74.1 cm³/mol. The molecule has 0 aliphatic heterocycles. The van der Waals surface area contributed by atoms with E-state index in [1.165, 1.54) is 19.3 Å². The van der Waals surface area contributed by atoms with Crippen LogP contribution in [0.4, 0.5) is 0 Å². The normalized spacial score (nSPS) is 13.0. The van der Waals surface area contributed by atoms with E-state index in [4.69, 9.17) is 0 Å². The Morgan fingerprint density at radius 1 is 1.35 bits per heavy atom. The molecule has 0 fully saturated rings. The molecule has 0 aromatic carbocycles. The van der Waals surface area contributed by atoms with Gasteiger partial charge in [-0.3, -0.25) is 4.68 Å². The Labute approximate surface area is 112 Å². The molecule has 1 heterocycles. The van der Waals surface area contributed by atoms with Crippen LogP contribution < -0.4 is 0 Å². The molecule has 0 saturated carbocycles. The standard InChI is InChI=1S/C13H23BrN2O/c1-4-5-6-7-8-11(17)9-12-13(14)10(2)15-16(12)3/h11,17H,4-9H2,1-3H3. The molecule has 3 nitrogen and oxygen atoms in total. The molecule has 1 unspecified atom stereocenters. The Morgan fingerprint density at radius 2 is 2.06 bits per heavy atom. The van der Waals surface area contributed by atoms with Crippen LogP contribution >= 0.6 is 15.9 Å². The summed E-state index contributed by atoms with van der Waals surface area (Å²) in [5.41, 5.74) is 2.08. The maximum atomic E-state index is 10.00. The molecular weight excluding hydrogens is 280 g/mol. The van der Waals surface area contributed by atoms with Gasteiger partial charge in [-0.1, -0.05) is 32.6 Å². The van der Waals surface area contributed by atoms with Crippen molar-refractivity contribution in [1.29, 1.82) is 0 Å². The van der Waals surface area contributed by atoms with Gasteiger partial charge >= 0.3 is 0 Å². The molecule has 1 rings (SSSR count). The van der Waals surface area contributed by atoms with Gasteiger partial charge in [-0.2, -0.15) is 5.10 Å². The zero-order valence-corrected chi connectivity index (χ0v) is 12.6. The molecule has 98 valence electrons. The van der Waals surface area contributed by atoms with Gasteiger partial charge in [0.1, 0.15) is 0 Å². The maximum Gasteiger partial charge on any atom is 0.0738 e. The molecule has 0 saturated heterocycles. The smallest absolute Gasteiger partial charge is 0.0738 e. The number of rotatable bonds is 7. The van der Waals surface area contributed by atoms with Crippen LogP contribution in [0.15, 0.2) is 4.47 Å².